The zero-order chi connectivity index (χ0) is 11.9. The third-order valence-corrected chi connectivity index (χ3v) is 2.58. The summed E-state index contributed by atoms with van der Waals surface area (Å²) in [6, 6.07) is 3.92. The van der Waals surface area contributed by atoms with Gasteiger partial charge in [-0.3, -0.25) is 4.79 Å². The Kier molecular flexibility index (Phi) is 2.42. The van der Waals surface area contributed by atoms with E-state index in [1.54, 1.807) is 0 Å². The number of aryl methyl sites for hydroxylation is 1. The Morgan fingerprint density at radius 3 is 2.75 bits per heavy atom. The molecule has 0 radical (unpaired) electrons. The van der Waals surface area contributed by atoms with Gasteiger partial charge in [-0.15, -0.1) is 0 Å². The van der Waals surface area contributed by atoms with Crippen LogP contribution in [0.15, 0.2) is 18.3 Å². The van der Waals surface area contributed by atoms with Gasteiger partial charge in [-0.25, -0.2) is 4.98 Å². The predicted molar refractivity (Wildman–Crippen MR) is 62.5 cm³/mol. The van der Waals surface area contributed by atoms with Crippen molar-refractivity contribution in [3.63, 3.8) is 0 Å². The minimum atomic E-state index is -0.477. The topological polar surface area (TPSA) is 60.4 Å². The number of primary amides is 1. The molecule has 2 aromatic heterocycles. The third kappa shape index (κ3) is 1.56. The zero-order valence-electron chi connectivity index (χ0n) is 9.69. The monoisotopic (exact) mass is 217 g/mol. The van der Waals surface area contributed by atoms with E-state index >= 15 is 0 Å². The molecule has 0 unspecified atom stereocenters. The summed E-state index contributed by atoms with van der Waals surface area (Å²) in [6.07, 6.45) is 1.93. The summed E-state index contributed by atoms with van der Waals surface area (Å²) >= 11 is 0. The maximum atomic E-state index is 11.3. The number of nitrogens with zero attached hydrogens (tertiary/aromatic N) is 2. The first-order valence-electron chi connectivity index (χ1n) is 5.29. The van der Waals surface area contributed by atoms with Crippen molar-refractivity contribution in [2.75, 3.05) is 0 Å². The maximum absolute atomic E-state index is 11.3. The summed E-state index contributed by atoms with van der Waals surface area (Å²) in [4.78, 5) is 15.6. The van der Waals surface area contributed by atoms with E-state index in [4.69, 9.17) is 5.73 Å². The number of rotatable bonds is 2. The lowest BCUT2D eigenvalue weighted by Gasteiger charge is -2.03. The molecule has 2 N–H and O–H groups in total. The quantitative estimate of drug-likeness (QED) is 0.834. The van der Waals surface area contributed by atoms with Crippen LogP contribution in [0, 0.1) is 6.92 Å². The molecule has 2 rings (SSSR count). The molecular weight excluding hydrogens is 202 g/mol. The van der Waals surface area contributed by atoms with Crippen molar-refractivity contribution in [2.24, 2.45) is 5.73 Å². The molecule has 84 valence electrons. The molecule has 0 atom stereocenters. The number of fused-ring (bicyclic) bond motifs is 1. The van der Waals surface area contributed by atoms with Crippen LogP contribution in [0.3, 0.4) is 0 Å². The molecule has 0 bridgehead atoms. The first-order chi connectivity index (χ1) is 7.50. The molecule has 16 heavy (non-hydrogen) atoms. The van der Waals surface area contributed by atoms with E-state index in [1.165, 1.54) is 0 Å². The Labute approximate surface area is 94.1 Å². The number of carbonyl (C=O) groups excluding carboxylic acids is 1. The Balaban J connectivity index is 2.81. The smallest absolute Gasteiger partial charge is 0.269 e. The summed E-state index contributed by atoms with van der Waals surface area (Å²) in [5.74, 6) is 0.641. The Morgan fingerprint density at radius 1 is 1.50 bits per heavy atom. The number of hydrogen-bond acceptors (Lipinski definition) is 2. The lowest BCUT2D eigenvalue weighted by molar-refractivity contribution is 0.0997. The molecule has 2 heterocycles. The molecule has 0 aromatic carbocycles. The minimum absolute atomic E-state index is 0.253. The maximum Gasteiger partial charge on any atom is 0.269 e. The number of nitrogens with two attached hydrogens (primary N) is 1. The van der Waals surface area contributed by atoms with Crippen molar-refractivity contribution < 1.29 is 4.79 Å². The van der Waals surface area contributed by atoms with Crippen molar-refractivity contribution in [3.05, 3.63) is 35.4 Å². The van der Waals surface area contributed by atoms with E-state index in [0.717, 1.165) is 16.9 Å². The van der Waals surface area contributed by atoms with Crippen molar-refractivity contribution in [1.29, 1.82) is 0 Å². The summed E-state index contributed by atoms with van der Waals surface area (Å²) < 4.78 is 1.93. The van der Waals surface area contributed by atoms with Gasteiger partial charge in [0.05, 0.1) is 5.52 Å². The van der Waals surface area contributed by atoms with Crippen LogP contribution in [0.4, 0.5) is 0 Å². The van der Waals surface area contributed by atoms with E-state index in [1.807, 2.05) is 43.5 Å². The normalized spacial score (nSPS) is 11.2. The largest absolute Gasteiger partial charge is 0.364 e. The van der Waals surface area contributed by atoms with Crippen LogP contribution >= 0.6 is 0 Å². The lowest BCUT2D eigenvalue weighted by atomic mass is 10.2. The molecule has 2 aromatic rings. The second kappa shape index (κ2) is 3.63. The summed E-state index contributed by atoms with van der Waals surface area (Å²) in [6.45, 7) is 6.06. The number of amides is 1. The molecule has 4 heteroatoms. The highest BCUT2D eigenvalue weighted by atomic mass is 16.1. The van der Waals surface area contributed by atoms with Gasteiger partial charge >= 0.3 is 0 Å². The van der Waals surface area contributed by atoms with Crippen molar-refractivity contribution in [2.45, 2.75) is 26.7 Å². The van der Waals surface area contributed by atoms with E-state index in [2.05, 4.69) is 4.98 Å². The number of imidazole rings is 1. The Bertz CT molecular complexity index is 555. The summed E-state index contributed by atoms with van der Waals surface area (Å²) in [5.41, 5.74) is 7.56. The van der Waals surface area contributed by atoms with Gasteiger partial charge in [0.1, 0.15) is 5.82 Å². The van der Waals surface area contributed by atoms with Crippen molar-refractivity contribution in [3.8, 4) is 0 Å². The van der Waals surface area contributed by atoms with Gasteiger partial charge in [-0.2, -0.15) is 0 Å². The van der Waals surface area contributed by atoms with Gasteiger partial charge < -0.3 is 10.1 Å². The highest BCUT2D eigenvalue weighted by molar-refractivity contribution is 5.98. The van der Waals surface area contributed by atoms with Crippen LogP contribution in [-0.2, 0) is 0 Å². The number of hydrogen-bond donors (Lipinski definition) is 1. The molecule has 1 amide bonds. The van der Waals surface area contributed by atoms with E-state index in [-0.39, 0.29) is 5.92 Å². The third-order valence-electron chi connectivity index (χ3n) is 2.58. The minimum Gasteiger partial charge on any atom is -0.364 e. The molecule has 0 aliphatic rings. The summed E-state index contributed by atoms with van der Waals surface area (Å²) in [7, 11) is 0. The molecule has 0 aliphatic heterocycles. The van der Waals surface area contributed by atoms with Gasteiger partial charge in [0.15, 0.2) is 5.69 Å². The molecule has 0 saturated carbocycles. The average molecular weight is 217 g/mol. The van der Waals surface area contributed by atoms with Crippen LogP contribution in [0.5, 0.6) is 0 Å². The average Bonchev–Trinajstić information content (AvgIpc) is 2.56. The predicted octanol–water partition coefficient (Wildman–Crippen LogP) is 1.87. The lowest BCUT2D eigenvalue weighted by Crippen LogP contribution is -2.12. The first kappa shape index (κ1) is 10.7. The Morgan fingerprint density at radius 2 is 2.19 bits per heavy atom. The first-order valence-corrected chi connectivity index (χ1v) is 5.29. The van der Waals surface area contributed by atoms with Crippen LogP contribution in [0.25, 0.3) is 5.52 Å². The van der Waals surface area contributed by atoms with E-state index < -0.39 is 5.91 Å². The second-order valence-electron chi connectivity index (χ2n) is 4.30. The standard InChI is InChI=1S/C12H15N3O/c1-7(2)12-14-10(11(13)16)9-6-8(3)4-5-15(9)12/h4-7H,1-3H3,(H2,13,16). The van der Waals surface area contributed by atoms with Crippen LogP contribution in [-0.4, -0.2) is 15.3 Å². The van der Waals surface area contributed by atoms with Crippen LogP contribution in [0.2, 0.25) is 0 Å². The fraction of sp³-hybridized carbons (Fsp3) is 0.333. The fourth-order valence-electron chi connectivity index (χ4n) is 1.80. The second-order valence-corrected chi connectivity index (χ2v) is 4.30. The highest BCUT2D eigenvalue weighted by Crippen LogP contribution is 2.20. The SMILES string of the molecule is Cc1ccn2c(C(C)C)nc(C(N)=O)c2c1. The number of pyridine rings is 1. The molecule has 0 saturated heterocycles. The van der Waals surface area contributed by atoms with Crippen LogP contribution in [0.1, 0.15) is 41.6 Å². The number of carbonyl (C=O) groups is 1. The summed E-state index contributed by atoms with van der Waals surface area (Å²) in [5, 5.41) is 0. The fourth-order valence-corrected chi connectivity index (χ4v) is 1.80. The van der Waals surface area contributed by atoms with Gasteiger partial charge in [0.2, 0.25) is 0 Å². The van der Waals surface area contributed by atoms with Gasteiger partial charge in [-0.1, -0.05) is 13.8 Å². The van der Waals surface area contributed by atoms with Crippen LogP contribution < -0.4 is 5.73 Å². The highest BCUT2D eigenvalue weighted by Gasteiger charge is 2.16. The molecule has 0 fully saturated rings. The van der Waals surface area contributed by atoms with E-state index in [0.29, 0.717) is 5.69 Å². The van der Waals surface area contributed by atoms with Gasteiger partial charge in [0, 0.05) is 12.1 Å². The Hall–Kier alpha value is -1.84. The number of aromatic nitrogens is 2. The molecule has 0 spiro atoms. The molecular formula is C12H15N3O. The van der Waals surface area contributed by atoms with E-state index in [9.17, 15) is 4.79 Å². The van der Waals surface area contributed by atoms with Crippen molar-refractivity contribution >= 4 is 11.4 Å². The van der Waals surface area contributed by atoms with Gasteiger partial charge in [-0.05, 0) is 24.6 Å². The molecule has 4 nitrogen and oxygen atoms in total. The van der Waals surface area contributed by atoms with Crippen molar-refractivity contribution in [1.82, 2.24) is 9.38 Å². The van der Waals surface area contributed by atoms with Gasteiger partial charge in [0.25, 0.3) is 5.91 Å². The molecule has 0 aliphatic carbocycles. The zero-order valence-corrected chi connectivity index (χ0v) is 9.69.